The number of nitrogens with one attached hydrogen (secondary N) is 1. The third kappa shape index (κ3) is 3.24. The van der Waals surface area contributed by atoms with E-state index in [4.69, 9.17) is 22.0 Å². The lowest BCUT2D eigenvalue weighted by atomic mass is 10.0. The van der Waals surface area contributed by atoms with Gasteiger partial charge in [-0.25, -0.2) is 0 Å². The molecule has 0 fully saturated rings. The number of nitrogens with zero attached hydrogens (tertiary/aromatic N) is 2. The van der Waals surface area contributed by atoms with Gasteiger partial charge in [-0.15, -0.1) is 0 Å². The molecule has 1 aromatic heterocycles. The van der Waals surface area contributed by atoms with Crippen molar-refractivity contribution in [2.45, 2.75) is 12.5 Å². The Bertz CT molecular complexity index is 579. The molecule has 0 aliphatic heterocycles. The molecule has 2 N–H and O–H groups in total. The van der Waals surface area contributed by atoms with Crippen LogP contribution >= 0.6 is 23.1 Å². The summed E-state index contributed by atoms with van der Waals surface area (Å²) in [6, 6.07) is 11.7. The molecular weight excluding hydrogens is 282 g/mol. The average molecular weight is 294 g/mol. The van der Waals surface area contributed by atoms with Gasteiger partial charge in [-0.05, 0) is 23.5 Å². The molecule has 6 heteroatoms. The Hall–Kier alpha value is -1.61. The zero-order valence-corrected chi connectivity index (χ0v) is 11.6. The molecule has 0 saturated heterocycles. The summed E-state index contributed by atoms with van der Waals surface area (Å²) in [5.74, 6) is 0. The maximum Gasteiger partial charge on any atom is 0.162 e. The second-order valence-corrected chi connectivity index (χ2v) is 5.04. The first kappa shape index (κ1) is 13.8. The van der Waals surface area contributed by atoms with Crippen LogP contribution in [0.15, 0.2) is 30.3 Å². The van der Waals surface area contributed by atoms with Crippen LogP contribution in [0.4, 0.5) is 5.00 Å². The second kappa shape index (κ2) is 6.53. The van der Waals surface area contributed by atoms with Crippen molar-refractivity contribution in [3.8, 4) is 6.07 Å². The third-order valence-electron chi connectivity index (χ3n) is 2.69. The van der Waals surface area contributed by atoms with Crippen LogP contribution in [-0.4, -0.2) is 16.1 Å². The van der Waals surface area contributed by atoms with Gasteiger partial charge in [0.15, 0.2) is 5.15 Å². The molecule has 0 unspecified atom stereocenters. The number of aromatic nitrogens is 1. The van der Waals surface area contributed by atoms with Gasteiger partial charge in [0.2, 0.25) is 0 Å². The van der Waals surface area contributed by atoms with Gasteiger partial charge in [0.1, 0.15) is 16.6 Å². The SMILES string of the molecule is N#Cc1c(Cl)nsc1N[C@@H](CCO)c1ccccc1. The number of hydrogen-bond donors (Lipinski definition) is 2. The minimum atomic E-state index is -0.0742. The number of rotatable bonds is 5. The van der Waals surface area contributed by atoms with Crippen LogP contribution < -0.4 is 5.32 Å². The predicted octanol–water partition coefficient (Wildman–Crippen LogP) is 3.20. The highest BCUT2D eigenvalue weighted by Gasteiger charge is 2.17. The number of anilines is 1. The van der Waals surface area contributed by atoms with Gasteiger partial charge in [-0.3, -0.25) is 0 Å². The lowest BCUT2D eigenvalue weighted by molar-refractivity contribution is 0.280. The van der Waals surface area contributed by atoms with Crippen molar-refractivity contribution in [3.63, 3.8) is 0 Å². The van der Waals surface area contributed by atoms with E-state index in [0.717, 1.165) is 17.1 Å². The maximum absolute atomic E-state index is 9.16. The Kier molecular flexibility index (Phi) is 4.74. The quantitative estimate of drug-likeness (QED) is 0.888. The van der Waals surface area contributed by atoms with Crippen molar-refractivity contribution in [1.82, 2.24) is 4.37 Å². The van der Waals surface area contributed by atoms with Crippen molar-refractivity contribution < 1.29 is 5.11 Å². The van der Waals surface area contributed by atoms with Crippen molar-refractivity contribution in [3.05, 3.63) is 46.6 Å². The lowest BCUT2D eigenvalue weighted by Crippen LogP contribution is -2.12. The number of hydrogen-bond acceptors (Lipinski definition) is 5. The fourth-order valence-corrected chi connectivity index (χ4v) is 2.75. The molecule has 1 aromatic carbocycles. The minimum Gasteiger partial charge on any atom is -0.396 e. The minimum absolute atomic E-state index is 0.0565. The zero-order valence-electron chi connectivity index (χ0n) is 10.0. The molecule has 0 amide bonds. The molecule has 0 bridgehead atoms. The van der Waals surface area contributed by atoms with Gasteiger partial charge >= 0.3 is 0 Å². The largest absolute Gasteiger partial charge is 0.396 e. The van der Waals surface area contributed by atoms with E-state index >= 15 is 0 Å². The molecule has 4 nitrogen and oxygen atoms in total. The summed E-state index contributed by atoms with van der Waals surface area (Å²) in [7, 11) is 0. The molecule has 1 heterocycles. The Balaban J connectivity index is 2.24. The van der Waals surface area contributed by atoms with E-state index in [1.807, 2.05) is 36.4 Å². The molecule has 0 radical (unpaired) electrons. The number of aliphatic hydroxyl groups excluding tert-OH is 1. The van der Waals surface area contributed by atoms with Gasteiger partial charge in [0, 0.05) is 6.61 Å². The fraction of sp³-hybridized carbons (Fsp3) is 0.231. The maximum atomic E-state index is 9.16. The Morgan fingerprint density at radius 2 is 2.16 bits per heavy atom. The first-order chi connectivity index (χ1) is 9.26. The molecule has 0 aliphatic rings. The Morgan fingerprint density at radius 3 is 2.79 bits per heavy atom. The molecule has 0 spiro atoms. The fourth-order valence-electron chi connectivity index (χ4n) is 1.76. The van der Waals surface area contributed by atoms with E-state index < -0.39 is 0 Å². The molecule has 0 aliphatic carbocycles. The predicted molar refractivity (Wildman–Crippen MR) is 76.3 cm³/mol. The molecule has 1 atom stereocenters. The summed E-state index contributed by atoms with van der Waals surface area (Å²) in [4.78, 5) is 0. The normalized spacial score (nSPS) is 11.8. The molecule has 98 valence electrons. The summed E-state index contributed by atoms with van der Waals surface area (Å²) < 4.78 is 3.95. The number of aliphatic hydroxyl groups is 1. The van der Waals surface area contributed by atoms with Crippen LogP contribution in [0, 0.1) is 11.3 Å². The first-order valence-electron chi connectivity index (χ1n) is 5.74. The van der Waals surface area contributed by atoms with E-state index in [-0.39, 0.29) is 17.8 Å². The molecule has 2 rings (SSSR count). The Labute approximate surface area is 120 Å². The molecular formula is C13H12ClN3OS. The number of benzene rings is 1. The number of nitriles is 1. The van der Waals surface area contributed by atoms with Crippen molar-refractivity contribution >= 4 is 28.1 Å². The van der Waals surface area contributed by atoms with Crippen LogP contribution in [0.3, 0.4) is 0 Å². The Morgan fingerprint density at radius 1 is 1.42 bits per heavy atom. The van der Waals surface area contributed by atoms with E-state index in [9.17, 15) is 0 Å². The van der Waals surface area contributed by atoms with Crippen molar-refractivity contribution in [1.29, 1.82) is 5.26 Å². The van der Waals surface area contributed by atoms with Crippen LogP contribution in [-0.2, 0) is 0 Å². The van der Waals surface area contributed by atoms with Crippen molar-refractivity contribution in [2.24, 2.45) is 0 Å². The second-order valence-electron chi connectivity index (χ2n) is 3.91. The van der Waals surface area contributed by atoms with Crippen LogP contribution in [0.1, 0.15) is 23.6 Å². The zero-order chi connectivity index (χ0) is 13.7. The van der Waals surface area contributed by atoms with E-state index in [1.165, 1.54) is 0 Å². The highest BCUT2D eigenvalue weighted by Crippen LogP contribution is 2.31. The first-order valence-corrected chi connectivity index (χ1v) is 6.89. The summed E-state index contributed by atoms with van der Waals surface area (Å²) >= 11 is 6.99. The monoisotopic (exact) mass is 293 g/mol. The molecule has 0 saturated carbocycles. The van der Waals surface area contributed by atoms with Gasteiger partial charge in [0.25, 0.3) is 0 Å². The van der Waals surface area contributed by atoms with Gasteiger partial charge in [0.05, 0.1) is 6.04 Å². The van der Waals surface area contributed by atoms with E-state index in [1.54, 1.807) is 0 Å². The molecule has 2 aromatic rings. The lowest BCUT2D eigenvalue weighted by Gasteiger charge is -2.18. The summed E-state index contributed by atoms with van der Waals surface area (Å²) in [5.41, 5.74) is 1.40. The third-order valence-corrected chi connectivity index (χ3v) is 3.84. The summed E-state index contributed by atoms with van der Waals surface area (Å²) in [5, 5.41) is 22.3. The van der Waals surface area contributed by atoms with Gasteiger partial charge in [-0.1, -0.05) is 41.9 Å². The summed E-state index contributed by atoms with van der Waals surface area (Å²) in [6.07, 6.45) is 0.546. The van der Waals surface area contributed by atoms with Crippen molar-refractivity contribution in [2.75, 3.05) is 11.9 Å². The number of halogens is 1. The highest BCUT2D eigenvalue weighted by molar-refractivity contribution is 7.10. The molecule has 19 heavy (non-hydrogen) atoms. The standard InChI is InChI=1S/C13H12ClN3OS/c14-12-10(8-15)13(19-17-12)16-11(6-7-18)9-4-2-1-3-5-9/h1-5,11,16,18H,6-7H2/t11-/m0/s1. The van der Waals surface area contributed by atoms with E-state index in [0.29, 0.717) is 17.0 Å². The summed E-state index contributed by atoms with van der Waals surface area (Å²) in [6.45, 7) is 0.0565. The van der Waals surface area contributed by atoms with Crippen LogP contribution in [0.2, 0.25) is 5.15 Å². The van der Waals surface area contributed by atoms with Gasteiger partial charge < -0.3 is 10.4 Å². The van der Waals surface area contributed by atoms with Gasteiger partial charge in [-0.2, -0.15) is 9.64 Å². The highest BCUT2D eigenvalue weighted by atomic mass is 35.5. The average Bonchev–Trinajstić information content (AvgIpc) is 2.79. The topological polar surface area (TPSA) is 68.9 Å². The van der Waals surface area contributed by atoms with E-state index in [2.05, 4.69) is 9.69 Å². The van der Waals surface area contributed by atoms with Crippen LogP contribution in [0.5, 0.6) is 0 Å². The van der Waals surface area contributed by atoms with Crippen LogP contribution in [0.25, 0.3) is 0 Å². The smallest absolute Gasteiger partial charge is 0.162 e.